The molecule has 3 heteroatoms. The van der Waals surface area contributed by atoms with E-state index in [1.165, 1.54) is 16.6 Å². The summed E-state index contributed by atoms with van der Waals surface area (Å²) in [5, 5.41) is 5.99. The van der Waals surface area contributed by atoms with Crippen LogP contribution in [0, 0.1) is 0 Å². The van der Waals surface area contributed by atoms with Crippen molar-refractivity contribution < 1.29 is 0 Å². The zero-order valence-electron chi connectivity index (χ0n) is 10.2. The SMILES string of the molecule is CC(C)c1nn(C(C)C)c2ccc(Br)cc12. The van der Waals surface area contributed by atoms with Crippen LogP contribution in [0.5, 0.6) is 0 Å². The van der Waals surface area contributed by atoms with Crippen molar-refractivity contribution >= 4 is 26.8 Å². The van der Waals surface area contributed by atoms with E-state index in [4.69, 9.17) is 5.10 Å². The Hall–Kier alpha value is -0.830. The third-order valence-corrected chi connectivity index (χ3v) is 3.23. The maximum absolute atomic E-state index is 4.73. The molecule has 0 bridgehead atoms. The number of hydrogen-bond acceptors (Lipinski definition) is 1. The zero-order valence-corrected chi connectivity index (χ0v) is 11.7. The van der Waals surface area contributed by atoms with Crippen LogP contribution < -0.4 is 0 Å². The van der Waals surface area contributed by atoms with Crippen molar-refractivity contribution in [1.82, 2.24) is 9.78 Å². The number of nitrogens with zero attached hydrogens (tertiary/aromatic N) is 2. The van der Waals surface area contributed by atoms with Crippen molar-refractivity contribution in [3.8, 4) is 0 Å². The van der Waals surface area contributed by atoms with Crippen LogP contribution in [0.3, 0.4) is 0 Å². The van der Waals surface area contributed by atoms with Crippen LogP contribution in [0.15, 0.2) is 22.7 Å². The standard InChI is InChI=1S/C13H17BrN2/c1-8(2)13-11-7-10(14)5-6-12(11)16(15-13)9(3)4/h5-9H,1-4H3. The summed E-state index contributed by atoms with van der Waals surface area (Å²) in [6, 6.07) is 6.78. The number of fused-ring (bicyclic) bond motifs is 1. The smallest absolute Gasteiger partial charge is 0.0729 e. The molecule has 0 radical (unpaired) electrons. The minimum absolute atomic E-state index is 0.399. The Bertz CT molecular complexity index is 512. The highest BCUT2D eigenvalue weighted by atomic mass is 79.9. The fourth-order valence-corrected chi connectivity index (χ4v) is 2.32. The van der Waals surface area contributed by atoms with Gasteiger partial charge in [-0.25, -0.2) is 0 Å². The topological polar surface area (TPSA) is 17.8 Å². The zero-order chi connectivity index (χ0) is 11.9. The molecule has 1 aromatic heterocycles. The second-order valence-corrected chi connectivity index (χ2v) is 5.66. The molecule has 0 saturated heterocycles. The van der Waals surface area contributed by atoms with Gasteiger partial charge in [0, 0.05) is 15.9 Å². The van der Waals surface area contributed by atoms with Crippen LogP contribution in [0.25, 0.3) is 10.9 Å². The molecular formula is C13H17BrN2. The van der Waals surface area contributed by atoms with Gasteiger partial charge >= 0.3 is 0 Å². The number of benzene rings is 1. The molecule has 0 aliphatic rings. The monoisotopic (exact) mass is 280 g/mol. The number of aromatic nitrogens is 2. The van der Waals surface area contributed by atoms with Crippen LogP contribution in [0.1, 0.15) is 45.3 Å². The summed E-state index contributed by atoms with van der Waals surface area (Å²) in [5.41, 5.74) is 2.41. The predicted molar refractivity (Wildman–Crippen MR) is 71.9 cm³/mol. The van der Waals surface area contributed by atoms with Gasteiger partial charge in [0.05, 0.1) is 11.2 Å². The van der Waals surface area contributed by atoms with Gasteiger partial charge in [0.1, 0.15) is 0 Å². The second-order valence-electron chi connectivity index (χ2n) is 4.74. The van der Waals surface area contributed by atoms with Crippen molar-refractivity contribution in [3.05, 3.63) is 28.4 Å². The Kier molecular flexibility index (Phi) is 3.06. The molecule has 0 fully saturated rings. The van der Waals surface area contributed by atoms with Crippen LogP contribution in [-0.2, 0) is 0 Å². The third kappa shape index (κ3) is 1.88. The maximum atomic E-state index is 4.73. The van der Waals surface area contributed by atoms with Crippen LogP contribution in [0.4, 0.5) is 0 Å². The van der Waals surface area contributed by atoms with Crippen molar-refractivity contribution in [1.29, 1.82) is 0 Å². The van der Waals surface area contributed by atoms with E-state index in [2.05, 4.69) is 66.5 Å². The summed E-state index contributed by atoms with van der Waals surface area (Å²) >= 11 is 3.52. The lowest BCUT2D eigenvalue weighted by atomic mass is 10.1. The largest absolute Gasteiger partial charge is 0.262 e. The van der Waals surface area contributed by atoms with Crippen LogP contribution in [0.2, 0.25) is 0 Å². The summed E-state index contributed by atoms with van der Waals surface area (Å²) < 4.78 is 3.22. The lowest BCUT2D eigenvalue weighted by molar-refractivity contribution is 0.539. The molecular weight excluding hydrogens is 264 g/mol. The van der Waals surface area contributed by atoms with Gasteiger partial charge in [0.15, 0.2) is 0 Å². The van der Waals surface area contributed by atoms with E-state index in [0.29, 0.717) is 12.0 Å². The van der Waals surface area contributed by atoms with Crippen LogP contribution >= 0.6 is 15.9 Å². The van der Waals surface area contributed by atoms with Crippen molar-refractivity contribution in [2.75, 3.05) is 0 Å². The Morgan fingerprint density at radius 1 is 1.19 bits per heavy atom. The second kappa shape index (κ2) is 4.21. The predicted octanol–water partition coefficient (Wildman–Crippen LogP) is 4.50. The molecule has 1 heterocycles. The molecule has 2 rings (SSSR count). The summed E-state index contributed by atoms with van der Waals surface area (Å²) in [6.45, 7) is 8.71. The highest BCUT2D eigenvalue weighted by Crippen LogP contribution is 2.29. The Morgan fingerprint density at radius 3 is 2.44 bits per heavy atom. The highest BCUT2D eigenvalue weighted by Gasteiger charge is 2.14. The van der Waals surface area contributed by atoms with Crippen molar-refractivity contribution in [2.24, 2.45) is 0 Å². The van der Waals surface area contributed by atoms with Gasteiger partial charge in [-0.1, -0.05) is 29.8 Å². The first-order chi connectivity index (χ1) is 7.50. The fourth-order valence-electron chi connectivity index (χ4n) is 1.96. The molecule has 1 aromatic carbocycles. The number of halogens is 1. The minimum atomic E-state index is 0.399. The number of rotatable bonds is 2. The average Bonchev–Trinajstić information content (AvgIpc) is 2.56. The first-order valence-corrected chi connectivity index (χ1v) is 6.47. The average molecular weight is 281 g/mol. The summed E-state index contributed by atoms with van der Waals surface area (Å²) in [7, 11) is 0. The molecule has 86 valence electrons. The van der Waals surface area contributed by atoms with E-state index in [0.717, 1.165) is 4.47 Å². The first kappa shape index (κ1) is 11.6. The lowest BCUT2D eigenvalue weighted by Gasteiger charge is -2.06. The van der Waals surface area contributed by atoms with Crippen molar-refractivity contribution in [3.63, 3.8) is 0 Å². The van der Waals surface area contributed by atoms with E-state index < -0.39 is 0 Å². The Labute approximate surface area is 105 Å². The van der Waals surface area contributed by atoms with E-state index in [9.17, 15) is 0 Å². The van der Waals surface area contributed by atoms with E-state index >= 15 is 0 Å². The molecule has 2 nitrogen and oxygen atoms in total. The molecule has 16 heavy (non-hydrogen) atoms. The van der Waals surface area contributed by atoms with E-state index in [-0.39, 0.29) is 0 Å². The van der Waals surface area contributed by atoms with E-state index in [1.54, 1.807) is 0 Å². The molecule has 0 aliphatic carbocycles. The maximum Gasteiger partial charge on any atom is 0.0729 e. The van der Waals surface area contributed by atoms with Gasteiger partial charge in [-0.3, -0.25) is 4.68 Å². The summed E-state index contributed by atoms with van der Waals surface area (Å²) in [4.78, 5) is 0. The highest BCUT2D eigenvalue weighted by molar-refractivity contribution is 9.10. The van der Waals surface area contributed by atoms with Gasteiger partial charge in [-0.2, -0.15) is 5.10 Å². The number of hydrogen-bond donors (Lipinski definition) is 0. The lowest BCUT2D eigenvalue weighted by Crippen LogP contribution is -2.03. The normalized spacial score (nSPS) is 11.9. The Balaban J connectivity index is 2.76. The molecule has 0 N–H and O–H groups in total. The molecule has 0 unspecified atom stereocenters. The molecule has 0 saturated carbocycles. The summed E-state index contributed by atoms with van der Waals surface area (Å²) in [6.07, 6.45) is 0. The van der Waals surface area contributed by atoms with E-state index in [1.807, 2.05) is 0 Å². The molecule has 0 spiro atoms. The summed E-state index contributed by atoms with van der Waals surface area (Å²) in [5.74, 6) is 0.455. The van der Waals surface area contributed by atoms with Crippen LogP contribution in [-0.4, -0.2) is 9.78 Å². The van der Waals surface area contributed by atoms with Gasteiger partial charge in [0.25, 0.3) is 0 Å². The fraction of sp³-hybridized carbons (Fsp3) is 0.462. The minimum Gasteiger partial charge on any atom is -0.262 e. The van der Waals surface area contributed by atoms with Gasteiger partial charge in [0.2, 0.25) is 0 Å². The molecule has 0 aliphatic heterocycles. The molecule has 0 atom stereocenters. The molecule has 2 aromatic rings. The van der Waals surface area contributed by atoms with Gasteiger partial charge in [-0.05, 0) is 38.0 Å². The quantitative estimate of drug-likeness (QED) is 0.792. The Morgan fingerprint density at radius 2 is 1.88 bits per heavy atom. The van der Waals surface area contributed by atoms with Gasteiger partial charge < -0.3 is 0 Å². The first-order valence-electron chi connectivity index (χ1n) is 5.68. The van der Waals surface area contributed by atoms with Crippen molar-refractivity contribution in [2.45, 2.75) is 39.7 Å². The molecule has 0 amide bonds. The van der Waals surface area contributed by atoms with Gasteiger partial charge in [-0.15, -0.1) is 0 Å². The third-order valence-electron chi connectivity index (χ3n) is 2.73.